The molecule has 8 nitrogen and oxygen atoms in total. The van der Waals surface area contributed by atoms with Crippen LogP contribution in [0.15, 0.2) is 52.0 Å². The smallest absolute Gasteiger partial charge is 0.254 e. The predicted molar refractivity (Wildman–Crippen MR) is 127 cm³/mol. The van der Waals surface area contributed by atoms with Gasteiger partial charge in [-0.2, -0.15) is 0 Å². The molecule has 0 atom stereocenters. The van der Waals surface area contributed by atoms with Crippen LogP contribution < -0.4 is 15.8 Å². The van der Waals surface area contributed by atoms with Crippen LogP contribution in [0.25, 0.3) is 11.4 Å². The fourth-order valence-electron chi connectivity index (χ4n) is 3.69. The first kappa shape index (κ1) is 22.2. The maximum absolute atomic E-state index is 12.7. The van der Waals surface area contributed by atoms with Gasteiger partial charge in [-0.15, -0.1) is 0 Å². The number of morpholine rings is 1. The minimum Gasteiger partial charge on any atom is -0.378 e. The number of nitrogens with one attached hydrogen (secondary N) is 2. The molecule has 0 spiro atoms. The van der Waals surface area contributed by atoms with Crippen molar-refractivity contribution in [2.24, 2.45) is 0 Å². The van der Waals surface area contributed by atoms with Crippen molar-refractivity contribution >= 4 is 33.2 Å². The van der Waals surface area contributed by atoms with Gasteiger partial charge in [-0.05, 0) is 43.7 Å². The van der Waals surface area contributed by atoms with E-state index >= 15 is 0 Å². The molecule has 3 heterocycles. The number of aromatic nitrogens is 3. The summed E-state index contributed by atoms with van der Waals surface area (Å²) in [6.45, 7) is 4.66. The van der Waals surface area contributed by atoms with E-state index in [2.05, 4.69) is 41.1 Å². The van der Waals surface area contributed by atoms with Gasteiger partial charge in [0, 0.05) is 53.2 Å². The number of hydrogen-bond acceptors (Lipinski definition) is 6. The first-order chi connectivity index (χ1) is 15.5. The normalized spacial score (nSPS) is 13.8. The van der Waals surface area contributed by atoms with Crippen LogP contribution >= 0.6 is 15.9 Å². The van der Waals surface area contributed by atoms with E-state index in [1.54, 1.807) is 31.5 Å². The molecule has 1 aliphatic heterocycles. The molecular formula is C23H24BrN5O3. The Morgan fingerprint density at radius 1 is 1.22 bits per heavy atom. The van der Waals surface area contributed by atoms with E-state index in [4.69, 9.17) is 4.74 Å². The summed E-state index contributed by atoms with van der Waals surface area (Å²) in [6, 6.07) is 9.41. The Balaban J connectivity index is 1.46. The number of amides is 1. The lowest BCUT2D eigenvalue weighted by molar-refractivity contribution is -0.116. The minimum atomic E-state index is -0.228. The van der Waals surface area contributed by atoms with Crippen molar-refractivity contribution < 1.29 is 9.53 Å². The van der Waals surface area contributed by atoms with Crippen molar-refractivity contribution in [3.05, 3.63) is 68.8 Å². The molecule has 0 radical (unpaired) electrons. The molecule has 1 saturated heterocycles. The van der Waals surface area contributed by atoms with Gasteiger partial charge in [0.15, 0.2) is 0 Å². The van der Waals surface area contributed by atoms with E-state index in [1.165, 1.54) is 0 Å². The molecule has 32 heavy (non-hydrogen) atoms. The number of benzene rings is 1. The number of ether oxygens (including phenoxy) is 1. The van der Waals surface area contributed by atoms with Gasteiger partial charge >= 0.3 is 0 Å². The van der Waals surface area contributed by atoms with Crippen LogP contribution in [0.3, 0.4) is 0 Å². The van der Waals surface area contributed by atoms with Crippen LogP contribution in [-0.2, 0) is 16.0 Å². The number of anilines is 2. The summed E-state index contributed by atoms with van der Waals surface area (Å²) in [6.07, 6.45) is 3.78. The second-order valence-corrected chi connectivity index (χ2v) is 8.44. The largest absolute Gasteiger partial charge is 0.378 e. The number of carbonyl (C=O) groups excluding carboxylic acids is 1. The number of carbonyl (C=O) groups is 1. The van der Waals surface area contributed by atoms with Gasteiger partial charge in [-0.1, -0.05) is 15.9 Å². The Kier molecular flexibility index (Phi) is 6.96. The van der Waals surface area contributed by atoms with Crippen LogP contribution in [-0.4, -0.2) is 47.2 Å². The molecule has 9 heteroatoms. The zero-order valence-corrected chi connectivity index (χ0v) is 19.3. The highest BCUT2D eigenvalue weighted by Crippen LogP contribution is 2.30. The third kappa shape index (κ3) is 5.23. The molecule has 0 bridgehead atoms. The monoisotopic (exact) mass is 497 g/mol. The summed E-state index contributed by atoms with van der Waals surface area (Å²) in [5, 5.41) is 3.00. The topological polar surface area (TPSA) is 100 Å². The SMILES string of the molecule is Cc1nc(-c2ccncc2)[nH]c(=O)c1CCC(=O)Nc1cc(Br)ccc1N1CCOCC1. The number of rotatable bonds is 6. The first-order valence-electron chi connectivity index (χ1n) is 10.4. The lowest BCUT2D eigenvalue weighted by Crippen LogP contribution is -2.36. The van der Waals surface area contributed by atoms with Gasteiger partial charge in [-0.3, -0.25) is 14.6 Å². The summed E-state index contributed by atoms with van der Waals surface area (Å²) >= 11 is 3.48. The molecule has 2 aromatic heterocycles. The van der Waals surface area contributed by atoms with Crippen molar-refractivity contribution in [2.45, 2.75) is 19.8 Å². The van der Waals surface area contributed by atoms with Gasteiger partial charge in [0.05, 0.1) is 24.6 Å². The van der Waals surface area contributed by atoms with Crippen LogP contribution in [0.4, 0.5) is 11.4 Å². The molecule has 1 amide bonds. The van der Waals surface area contributed by atoms with Crippen molar-refractivity contribution in [3.8, 4) is 11.4 Å². The van der Waals surface area contributed by atoms with E-state index in [1.807, 2.05) is 18.2 Å². The summed E-state index contributed by atoms with van der Waals surface area (Å²) in [5.74, 6) is 0.335. The molecular weight excluding hydrogens is 474 g/mol. The Morgan fingerprint density at radius 3 is 2.69 bits per heavy atom. The second kappa shape index (κ2) is 10.1. The molecule has 1 fully saturated rings. The third-order valence-electron chi connectivity index (χ3n) is 5.36. The van der Waals surface area contributed by atoms with E-state index < -0.39 is 0 Å². The summed E-state index contributed by atoms with van der Waals surface area (Å²) in [4.78, 5) is 38.9. The number of aryl methyl sites for hydroxylation is 1. The molecule has 0 aliphatic carbocycles. The lowest BCUT2D eigenvalue weighted by Gasteiger charge is -2.30. The third-order valence-corrected chi connectivity index (χ3v) is 5.86. The van der Waals surface area contributed by atoms with Crippen molar-refractivity contribution in [1.82, 2.24) is 15.0 Å². The Hall–Kier alpha value is -3.04. The zero-order chi connectivity index (χ0) is 22.5. The van der Waals surface area contributed by atoms with Gasteiger partial charge in [-0.25, -0.2) is 4.98 Å². The van der Waals surface area contributed by atoms with Gasteiger partial charge < -0.3 is 19.9 Å². The summed E-state index contributed by atoms with van der Waals surface area (Å²) in [5.41, 5.74) is 3.39. The van der Waals surface area contributed by atoms with Gasteiger partial charge in [0.2, 0.25) is 5.91 Å². The highest BCUT2D eigenvalue weighted by molar-refractivity contribution is 9.10. The summed E-state index contributed by atoms with van der Waals surface area (Å²) in [7, 11) is 0. The number of halogens is 1. The quantitative estimate of drug-likeness (QED) is 0.541. The van der Waals surface area contributed by atoms with E-state index in [0.717, 1.165) is 34.5 Å². The Bertz CT molecular complexity index is 1160. The molecule has 3 aromatic rings. The summed E-state index contributed by atoms with van der Waals surface area (Å²) < 4.78 is 6.31. The molecule has 0 unspecified atom stereocenters. The Morgan fingerprint density at radius 2 is 1.97 bits per heavy atom. The number of aromatic amines is 1. The molecule has 0 saturated carbocycles. The van der Waals surface area contributed by atoms with Crippen LogP contribution in [0, 0.1) is 6.92 Å². The molecule has 1 aromatic carbocycles. The highest BCUT2D eigenvalue weighted by atomic mass is 79.9. The predicted octanol–water partition coefficient (Wildman–Crippen LogP) is 3.31. The number of pyridine rings is 1. The van der Waals surface area contributed by atoms with Crippen molar-refractivity contribution in [3.63, 3.8) is 0 Å². The van der Waals surface area contributed by atoms with E-state index in [9.17, 15) is 9.59 Å². The van der Waals surface area contributed by atoms with E-state index in [0.29, 0.717) is 36.7 Å². The standard InChI is InChI=1S/C23H24BrN5O3/c1-15-18(23(31)28-22(26-15)16-6-8-25-9-7-16)3-5-21(30)27-19-14-17(24)2-4-20(19)29-10-12-32-13-11-29/h2,4,6-9,14H,3,5,10-13H2,1H3,(H,27,30)(H,26,28,31). The number of H-pyrrole nitrogens is 1. The first-order valence-corrected chi connectivity index (χ1v) is 11.2. The van der Waals surface area contributed by atoms with E-state index in [-0.39, 0.29) is 17.9 Å². The number of nitrogens with zero attached hydrogens (tertiary/aromatic N) is 3. The average molecular weight is 498 g/mol. The molecule has 1 aliphatic rings. The average Bonchev–Trinajstić information content (AvgIpc) is 2.79. The van der Waals surface area contributed by atoms with Gasteiger partial charge in [0.25, 0.3) is 5.56 Å². The van der Waals surface area contributed by atoms with Crippen molar-refractivity contribution in [2.75, 3.05) is 36.5 Å². The zero-order valence-electron chi connectivity index (χ0n) is 17.7. The van der Waals surface area contributed by atoms with Crippen LogP contribution in [0.1, 0.15) is 17.7 Å². The maximum Gasteiger partial charge on any atom is 0.254 e. The van der Waals surface area contributed by atoms with Crippen LogP contribution in [0.5, 0.6) is 0 Å². The van der Waals surface area contributed by atoms with Crippen molar-refractivity contribution in [1.29, 1.82) is 0 Å². The number of hydrogen-bond donors (Lipinski definition) is 2. The van der Waals surface area contributed by atoms with Gasteiger partial charge in [0.1, 0.15) is 5.82 Å². The Labute approximate surface area is 194 Å². The minimum absolute atomic E-state index is 0.158. The fourth-order valence-corrected chi connectivity index (χ4v) is 4.05. The molecule has 4 rings (SSSR count). The lowest BCUT2D eigenvalue weighted by atomic mass is 10.1. The molecule has 166 valence electrons. The maximum atomic E-state index is 12.7. The fraction of sp³-hybridized carbons (Fsp3) is 0.304. The highest BCUT2D eigenvalue weighted by Gasteiger charge is 2.17. The van der Waals surface area contributed by atoms with Crippen LogP contribution in [0.2, 0.25) is 0 Å². The molecule has 2 N–H and O–H groups in total. The second-order valence-electron chi connectivity index (χ2n) is 7.52.